The smallest absolute Gasteiger partial charge is 0.138 e. The molecule has 0 aliphatic carbocycles. The monoisotopic (exact) mass is 205 g/mol. The van der Waals surface area contributed by atoms with Crippen LogP contribution in [-0.4, -0.2) is 30.3 Å². The highest BCUT2D eigenvalue weighted by Gasteiger charge is 2.12. The molecule has 0 aliphatic heterocycles. The Morgan fingerprint density at radius 2 is 2.20 bits per heavy atom. The molecule has 0 spiro atoms. The fourth-order valence-corrected chi connectivity index (χ4v) is 1.39. The maximum atomic E-state index is 8.99. The van der Waals surface area contributed by atoms with Gasteiger partial charge in [0.05, 0.1) is 24.4 Å². The summed E-state index contributed by atoms with van der Waals surface area (Å²) in [4.78, 5) is 3.97. The maximum Gasteiger partial charge on any atom is 0.138 e. The van der Waals surface area contributed by atoms with Crippen LogP contribution in [-0.2, 0) is 14.1 Å². The Hall–Kier alpha value is -2.11. The number of aromatic nitrogens is 4. The lowest BCUT2D eigenvalue weighted by Crippen LogP contribution is -2.07. The van der Waals surface area contributed by atoms with Gasteiger partial charge in [-0.3, -0.25) is 4.68 Å². The summed E-state index contributed by atoms with van der Waals surface area (Å²) in [7, 11) is 3.64. The van der Waals surface area contributed by atoms with Gasteiger partial charge in [0.25, 0.3) is 0 Å². The first-order valence-electron chi connectivity index (χ1n) is 4.40. The van der Waals surface area contributed by atoms with E-state index in [2.05, 4.69) is 15.2 Å². The molecule has 0 radical (unpaired) electrons. The van der Waals surface area contributed by atoms with Crippen LogP contribution < -0.4 is 0 Å². The quantitative estimate of drug-likeness (QED) is 0.438. The molecule has 0 fully saturated rings. The van der Waals surface area contributed by atoms with E-state index in [0.29, 0.717) is 5.71 Å². The third-order valence-corrected chi connectivity index (χ3v) is 2.14. The minimum Gasteiger partial charge on any atom is -0.410 e. The molecule has 0 aromatic carbocycles. The largest absolute Gasteiger partial charge is 0.410 e. The van der Waals surface area contributed by atoms with Crippen LogP contribution in [0.15, 0.2) is 30.1 Å². The van der Waals surface area contributed by atoms with E-state index >= 15 is 0 Å². The number of aryl methyl sites for hydroxylation is 2. The molecule has 0 saturated carbocycles. The molecule has 0 bridgehead atoms. The second kappa shape index (κ2) is 3.56. The molecule has 1 N–H and O–H groups in total. The summed E-state index contributed by atoms with van der Waals surface area (Å²) in [6, 6.07) is 0. The standard InChI is InChI=1S/C9H11N5O/c1-13-6-10-4-8(13)9(12-15)7-3-11-14(2)5-7/h3-6,15H,1-2H3/b12-9-. The SMILES string of the molecule is Cn1cc(/C(=N/O)c2cncn2C)cn1. The fourth-order valence-electron chi connectivity index (χ4n) is 1.39. The summed E-state index contributed by atoms with van der Waals surface area (Å²) < 4.78 is 3.43. The Morgan fingerprint density at radius 1 is 1.40 bits per heavy atom. The molecule has 15 heavy (non-hydrogen) atoms. The molecule has 0 unspecified atom stereocenters. The Bertz CT molecular complexity index is 496. The van der Waals surface area contributed by atoms with Gasteiger partial charge in [-0.15, -0.1) is 0 Å². The van der Waals surface area contributed by atoms with Crippen molar-refractivity contribution in [3.8, 4) is 0 Å². The van der Waals surface area contributed by atoms with Gasteiger partial charge in [0.1, 0.15) is 5.71 Å². The molecule has 6 heteroatoms. The normalized spacial score (nSPS) is 12.0. The van der Waals surface area contributed by atoms with Gasteiger partial charge in [-0.1, -0.05) is 5.16 Å². The van der Waals surface area contributed by atoms with Crippen LogP contribution >= 0.6 is 0 Å². The predicted octanol–water partition coefficient (Wildman–Crippen LogP) is 0.380. The first-order valence-corrected chi connectivity index (χ1v) is 4.40. The number of imidazole rings is 1. The van der Waals surface area contributed by atoms with Gasteiger partial charge in [-0.2, -0.15) is 5.10 Å². The summed E-state index contributed by atoms with van der Waals surface area (Å²) in [5.74, 6) is 0. The van der Waals surface area contributed by atoms with Crippen molar-refractivity contribution in [3.05, 3.63) is 36.2 Å². The average molecular weight is 205 g/mol. The zero-order valence-corrected chi connectivity index (χ0v) is 8.49. The van der Waals surface area contributed by atoms with Crippen molar-refractivity contribution in [1.29, 1.82) is 0 Å². The van der Waals surface area contributed by atoms with Crippen molar-refractivity contribution < 1.29 is 5.21 Å². The minimum atomic E-state index is 0.461. The number of nitrogens with zero attached hydrogens (tertiary/aromatic N) is 5. The van der Waals surface area contributed by atoms with E-state index in [0.717, 1.165) is 11.3 Å². The molecule has 78 valence electrons. The van der Waals surface area contributed by atoms with Crippen molar-refractivity contribution >= 4 is 5.71 Å². The average Bonchev–Trinajstić information content (AvgIpc) is 2.79. The van der Waals surface area contributed by atoms with Gasteiger partial charge < -0.3 is 9.77 Å². The van der Waals surface area contributed by atoms with Gasteiger partial charge in [0.2, 0.25) is 0 Å². The summed E-state index contributed by atoms with van der Waals surface area (Å²) in [5, 5.41) is 16.3. The molecule has 2 aromatic heterocycles. The Balaban J connectivity index is 2.47. The van der Waals surface area contributed by atoms with E-state index in [1.54, 1.807) is 34.2 Å². The summed E-state index contributed by atoms with van der Waals surface area (Å²) in [5.41, 5.74) is 1.96. The van der Waals surface area contributed by atoms with E-state index in [1.807, 2.05) is 14.1 Å². The highest BCUT2D eigenvalue weighted by Crippen LogP contribution is 2.08. The molecule has 2 aromatic rings. The lowest BCUT2D eigenvalue weighted by atomic mass is 10.2. The Morgan fingerprint density at radius 3 is 2.67 bits per heavy atom. The van der Waals surface area contributed by atoms with Crippen molar-refractivity contribution in [3.63, 3.8) is 0 Å². The first-order chi connectivity index (χ1) is 7.22. The second-order valence-electron chi connectivity index (χ2n) is 3.24. The first kappa shape index (κ1) is 9.45. The van der Waals surface area contributed by atoms with Crippen molar-refractivity contribution in [2.24, 2.45) is 19.3 Å². The molecule has 2 rings (SSSR count). The Kier molecular flexibility index (Phi) is 2.24. The molecule has 0 amide bonds. The summed E-state index contributed by atoms with van der Waals surface area (Å²) in [6.45, 7) is 0. The summed E-state index contributed by atoms with van der Waals surface area (Å²) in [6.07, 6.45) is 6.71. The second-order valence-corrected chi connectivity index (χ2v) is 3.24. The highest BCUT2D eigenvalue weighted by atomic mass is 16.4. The predicted molar refractivity (Wildman–Crippen MR) is 53.8 cm³/mol. The zero-order valence-electron chi connectivity index (χ0n) is 8.49. The molecular weight excluding hydrogens is 194 g/mol. The highest BCUT2D eigenvalue weighted by molar-refractivity contribution is 6.11. The minimum absolute atomic E-state index is 0.461. The van der Waals surface area contributed by atoms with Crippen LogP contribution in [0.4, 0.5) is 0 Å². The van der Waals surface area contributed by atoms with Gasteiger partial charge in [-0.05, 0) is 0 Å². The number of oxime groups is 1. The van der Waals surface area contributed by atoms with Crippen LogP contribution in [0.25, 0.3) is 0 Å². The molecule has 0 aliphatic rings. The van der Waals surface area contributed by atoms with E-state index < -0.39 is 0 Å². The van der Waals surface area contributed by atoms with E-state index in [1.165, 1.54) is 0 Å². The molecule has 6 nitrogen and oxygen atoms in total. The van der Waals surface area contributed by atoms with Crippen LogP contribution in [0.2, 0.25) is 0 Å². The lowest BCUT2D eigenvalue weighted by molar-refractivity contribution is 0.319. The van der Waals surface area contributed by atoms with E-state index in [-0.39, 0.29) is 0 Å². The van der Waals surface area contributed by atoms with Gasteiger partial charge >= 0.3 is 0 Å². The van der Waals surface area contributed by atoms with Crippen molar-refractivity contribution in [2.45, 2.75) is 0 Å². The van der Waals surface area contributed by atoms with Crippen molar-refractivity contribution in [2.75, 3.05) is 0 Å². The van der Waals surface area contributed by atoms with Crippen LogP contribution in [0.3, 0.4) is 0 Å². The van der Waals surface area contributed by atoms with Gasteiger partial charge in [0.15, 0.2) is 0 Å². The zero-order chi connectivity index (χ0) is 10.8. The number of rotatable bonds is 2. The number of hydrogen-bond donors (Lipinski definition) is 1. The lowest BCUT2D eigenvalue weighted by Gasteiger charge is -2.01. The van der Waals surface area contributed by atoms with Gasteiger partial charge in [-0.25, -0.2) is 4.98 Å². The van der Waals surface area contributed by atoms with Crippen LogP contribution in [0.1, 0.15) is 11.3 Å². The van der Waals surface area contributed by atoms with Crippen molar-refractivity contribution in [1.82, 2.24) is 19.3 Å². The Labute approximate surface area is 86.5 Å². The van der Waals surface area contributed by atoms with Crippen LogP contribution in [0, 0.1) is 0 Å². The maximum absolute atomic E-state index is 8.99. The van der Waals surface area contributed by atoms with E-state index in [9.17, 15) is 0 Å². The molecule has 0 saturated heterocycles. The third-order valence-electron chi connectivity index (χ3n) is 2.14. The molecule has 2 heterocycles. The van der Waals surface area contributed by atoms with E-state index in [4.69, 9.17) is 5.21 Å². The summed E-state index contributed by atoms with van der Waals surface area (Å²) >= 11 is 0. The molecular formula is C9H11N5O. The number of hydrogen-bond acceptors (Lipinski definition) is 4. The van der Waals surface area contributed by atoms with Gasteiger partial charge in [0, 0.05) is 25.9 Å². The topological polar surface area (TPSA) is 68.2 Å². The third kappa shape index (κ3) is 1.61. The fraction of sp³-hybridized carbons (Fsp3) is 0.222. The molecule has 0 atom stereocenters. The van der Waals surface area contributed by atoms with Crippen LogP contribution in [0.5, 0.6) is 0 Å².